The summed E-state index contributed by atoms with van der Waals surface area (Å²) in [6, 6.07) is 8.72. The second-order valence-electron chi connectivity index (χ2n) is 6.20. The van der Waals surface area contributed by atoms with Crippen molar-refractivity contribution in [1.82, 2.24) is 15.5 Å². The lowest BCUT2D eigenvalue weighted by Crippen LogP contribution is -2.39. The highest BCUT2D eigenvalue weighted by molar-refractivity contribution is 5.80. The third kappa shape index (κ3) is 7.49. The second kappa shape index (κ2) is 10.7. The number of nitrogens with one attached hydrogen (secondary N) is 2. The maximum Gasteiger partial charge on any atom is 0.222 e. The van der Waals surface area contributed by atoms with E-state index in [1.807, 2.05) is 20.9 Å². The van der Waals surface area contributed by atoms with Crippen molar-refractivity contribution < 1.29 is 4.79 Å². The van der Waals surface area contributed by atoms with E-state index in [-0.39, 0.29) is 11.9 Å². The fourth-order valence-electron chi connectivity index (χ4n) is 2.22. The molecule has 1 atom stereocenters. The van der Waals surface area contributed by atoms with Gasteiger partial charge in [-0.05, 0) is 32.8 Å². The summed E-state index contributed by atoms with van der Waals surface area (Å²) in [5, 5.41) is 6.25. The Hall–Kier alpha value is -2.04. The van der Waals surface area contributed by atoms with E-state index in [1.165, 1.54) is 11.1 Å². The van der Waals surface area contributed by atoms with Gasteiger partial charge >= 0.3 is 0 Å². The van der Waals surface area contributed by atoms with E-state index in [0.717, 1.165) is 25.5 Å². The Balaban J connectivity index is 2.57. The monoisotopic (exact) mass is 332 g/mol. The molecule has 134 valence electrons. The van der Waals surface area contributed by atoms with Gasteiger partial charge in [0.1, 0.15) is 0 Å². The van der Waals surface area contributed by atoms with Gasteiger partial charge < -0.3 is 15.5 Å². The van der Waals surface area contributed by atoms with Crippen LogP contribution in [-0.4, -0.2) is 42.9 Å². The van der Waals surface area contributed by atoms with Gasteiger partial charge in [-0.15, -0.1) is 0 Å². The van der Waals surface area contributed by atoms with Gasteiger partial charge in [-0.3, -0.25) is 9.79 Å². The summed E-state index contributed by atoms with van der Waals surface area (Å²) in [7, 11) is 2.01. The molecule has 24 heavy (non-hydrogen) atoms. The number of aryl methyl sites for hydroxylation is 1. The Labute approximate surface area is 146 Å². The van der Waals surface area contributed by atoms with Crippen LogP contribution in [0.5, 0.6) is 0 Å². The number of rotatable bonds is 8. The van der Waals surface area contributed by atoms with Crippen molar-refractivity contribution in [3.05, 3.63) is 35.4 Å². The third-order valence-corrected chi connectivity index (χ3v) is 3.86. The van der Waals surface area contributed by atoms with Gasteiger partial charge in [0, 0.05) is 32.6 Å². The van der Waals surface area contributed by atoms with Gasteiger partial charge in [0.15, 0.2) is 5.96 Å². The van der Waals surface area contributed by atoms with Gasteiger partial charge in [-0.25, -0.2) is 0 Å². The molecular formula is C19H32N4O. The number of nitrogens with zero attached hydrogens (tertiary/aromatic N) is 2. The highest BCUT2D eigenvalue weighted by Gasteiger charge is 2.08. The van der Waals surface area contributed by atoms with Crippen LogP contribution in [0.3, 0.4) is 0 Å². The Bertz CT molecular complexity index is 525. The molecule has 0 fully saturated rings. The summed E-state index contributed by atoms with van der Waals surface area (Å²) in [6.45, 7) is 10.3. The van der Waals surface area contributed by atoms with Crippen molar-refractivity contribution in [1.29, 1.82) is 0 Å². The zero-order valence-electron chi connectivity index (χ0n) is 15.7. The van der Waals surface area contributed by atoms with Crippen LogP contribution in [0.15, 0.2) is 29.3 Å². The highest BCUT2D eigenvalue weighted by atomic mass is 16.1. The number of benzene rings is 1. The van der Waals surface area contributed by atoms with Crippen LogP contribution >= 0.6 is 0 Å². The lowest BCUT2D eigenvalue weighted by Gasteiger charge is -2.22. The summed E-state index contributed by atoms with van der Waals surface area (Å²) in [5.74, 6) is 0.888. The molecule has 1 aromatic carbocycles. The minimum absolute atomic E-state index is 0.0603. The molecule has 5 heteroatoms. The van der Waals surface area contributed by atoms with Crippen molar-refractivity contribution in [3.8, 4) is 0 Å². The molecule has 1 rings (SSSR count). The molecule has 0 aliphatic heterocycles. The smallest absolute Gasteiger partial charge is 0.222 e. The molecular weight excluding hydrogens is 300 g/mol. The van der Waals surface area contributed by atoms with Crippen LogP contribution in [0.4, 0.5) is 0 Å². The van der Waals surface area contributed by atoms with E-state index in [4.69, 9.17) is 0 Å². The van der Waals surface area contributed by atoms with Crippen LogP contribution in [0.25, 0.3) is 0 Å². The molecule has 0 aromatic heterocycles. The molecule has 0 aliphatic carbocycles. The number of carbonyl (C=O) groups excluding carboxylic acids is 1. The molecule has 0 bridgehead atoms. The number of guanidine groups is 1. The van der Waals surface area contributed by atoms with Gasteiger partial charge in [-0.1, -0.05) is 36.8 Å². The van der Waals surface area contributed by atoms with Gasteiger partial charge in [0.2, 0.25) is 5.91 Å². The van der Waals surface area contributed by atoms with Crippen LogP contribution in [0, 0.1) is 6.92 Å². The summed E-state index contributed by atoms with van der Waals surface area (Å²) < 4.78 is 0. The van der Waals surface area contributed by atoms with Crippen molar-refractivity contribution in [2.45, 2.75) is 53.1 Å². The molecule has 0 heterocycles. The summed E-state index contributed by atoms with van der Waals surface area (Å²) >= 11 is 0. The molecule has 5 nitrogen and oxygen atoms in total. The van der Waals surface area contributed by atoms with Crippen molar-refractivity contribution >= 4 is 11.9 Å². The lowest BCUT2D eigenvalue weighted by molar-refractivity contribution is -0.121. The molecule has 0 saturated carbocycles. The first-order chi connectivity index (χ1) is 11.5. The van der Waals surface area contributed by atoms with E-state index in [0.29, 0.717) is 13.0 Å². The van der Waals surface area contributed by atoms with Gasteiger partial charge in [0.05, 0.1) is 6.54 Å². The fraction of sp³-hybridized carbons (Fsp3) is 0.579. The Morgan fingerprint density at radius 1 is 1.25 bits per heavy atom. The van der Waals surface area contributed by atoms with Crippen molar-refractivity contribution in [2.75, 3.05) is 20.1 Å². The number of hydrogen-bond donors (Lipinski definition) is 2. The predicted octanol–water partition coefficient (Wildman–Crippen LogP) is 2.70. The summed E-state index contributed by atoms with van der Waals surface area (Å²) in [6.07, 6.45) is 1.36. The Kier molecular flexibility index (Phi) is 8.90. The number of aliphatic imine (C=N–C) groups is 1. The van der Waals surface area contributed by atoms with Gasteiger partial charge in [-0.2, -0.15) is 0 Å². The van der Waals surface area contributed by atoms with Crippen molar-refractivity contribution in [2.24, 2.45) is 4.99 Å². The minimum Gasteiger partial charge on any atom is -0.357 e. The van der Waals surface area contributed by atoms with E-state index in [2.05, 4.69) is 58.6 Å². The Morgan fingerprint density at radius 3 is 2.50 bits per heavy atom. The lowest BCUT2D eigenvalue weighted by atomic mass is 10.1. The van der Waals surface area contributed by atoms with Gasteiger partial charge in [0.25, 0.3) is 0 Å². The van der Waals surface area contributed by atoms with Crippen LogP contribution in [0.2, 0.25) is 0 Å². The molecule has 0 radical (unpaired) electrons. The maximum atomic E-state index is 11.8. The molecule has 0 spiro atoms. The first-order valence-electron chi connectivity index (χ1n) is 8.80. The quantitative estimate of drug-likeness (QED) is 0.568. The minimum atomic E-state index is 0.0603. The SMILES string of the molecule is CCNC(=NCCC(=O)NC(C)CC)N(C)Cc1ccc(C)cc1. The normalized spacial score (nSPS) is 12.6. The maximum absolute atomic E-state index is 11.8. The largest absolute Gasteiger partial charge is 0.357 e. The number of carbonyl (C=O) groups is 1. The zero-order chi connectivity index (χ0) is 17.9. The zero-order valence-corrected chi connectivity index (χ0v) is 15.7. The Morgan fingerprint density at radius 2 is 1.92 bits per heavy atom. The average molecular weight is 332 g/mol. The molecule has 1 amide bonds. The highest BCUT2D eigenvalue weighted by Crippen LogP contribution is 2.06. The number of amides is 1. The van der Waals surface area contributed by atoms with E-state index >= 15 is 0 Å². The van der Waals surface area contributed by atoms with Crippen LogP contribution < -0.4 is 10.6 Å². The van der Waals surface area contributed by atoms with E-state index in [1.54, 1.807) is 0 Å². The number of hydrogen-bond acceptors (Lipinski definition) is 2. The van der Waals surface area contributed by atoms with Crippen LogP contribution in [0.1, 0.15) is 44.7 Å². The van der Waals surface area contributed by atoms with E-state index in [9.17, 15) is 4.79 Å². The summed E-state index contributed by atoms with van der Waals surface area (Å²) in [4.78, 5) is 18.5. The van der Waals surface area contributed by atoms with Crippen molar-refractivity contribution in [3.63, 3.8) is 0 Å². The average Bonchev–Trinajstić information content (AvgIpc) is 2.56. The molecule has 2 N–H and O–H groups in total. The second-order valence-corrected chi connectivity index (χ2v) is 6.20. The first kappa shape index (κ1) is 20.0. The standard InChI is InChI=1S/C19H32N4O/c1-6-16(4)22-18(24)12-13-21-19(20-7-2)23(5)14-17-10-8-15(3)9-11-17/h8-11,16H,6-7,12-14H2,1-5H3,(H,20,21)(H,22,24). The summed E-state index contributed by atoms with van der Waals surface area (Å²) in [5.41, 5.74) is 2.50. The molecule has 0 aliphatic rings. The first-order valence-corrected chi connectivity index (χ1v) is 8.80. The molecule has 0 saturated heterocycles. The third-order valence-electron chi connectivity index (χ3n) is 3.86. The molecule has 1 aromatic rings. The predicted molar refractivity (Wildman–Crippen MR) is 101 cm³/mol. The molecule has 1 unspecified atom stereocenters. The van der Waals surface area contributed by atoms with Crippen LogP contribution in [-0.2, 0) is 11.3 Å². The van der Waals surface area contributed by atoms with E-state index < -0.39 is 0 Å². The topological polar surface area (TPSA) is 56.7 Å². The fourth-order valence-corrected chi connectivity index (χ4v) is 2.22.